The Kier molecular flexibility index (Phi) is 6.33. The molecule has 0 bridgehead atoms. The summed E-state index contributed by atoms with van der Waals surface area (Å²) in [4.78, 5) is 44.1. The summed E-state index contributed by atoms with van der Waals surface area (Å²) in [5.41, 5.74) is 2.10. The Morgan fingerprint density at radius 1 is 0.857 bits per heavy atom. The van der Waals surface area contributed by atoms with E-state index in [1.807, 2.05) is 53.4 Å². The first-order valence-electron chi connectivity index (χ1n) is 11.8. The van der Waals surface area contributed by atoms with Crippen molar-refractivity contribution in [2.24, 2.45) is 0 Å². The lowest BCUT2D eigenvalue weighted by Crippen LogP contribution is -2.51. The molecule has 0 aromatic heterocycles. The van der Waals surface area contributed by atoms with Gasteiger partial charge < -0.3 is 9.64 Å². The molecular formula is C28H27N3O4. The largest absolute Gasteiger partial charge is 0.497 e. The fraction of sp³-hybridized carbons (Fsp3) is 0.250. The number of benzene rings is 3. The summed E-state index contributed by atoms with van der Waals surface area (Å²) in [5, 5.41) is 1.65. The van der Waals surface area contributed by atoms with Crippen LogP contribution in [0.25, 0.3) is 16.8 Å². The van der Waals surface area contributed by atoms with Gasteiger partial charge in [0.2, 0.25) is 5.91 Å². The van der Waals surface area contributed by atoms with Gasteiger partial charge in [-0.1, -0.05) is 36.4 Å². The maximum absolute atomic E-state index is 13.1. The smallest absolute Gasteiger partial charge is 0.261 e. The first-order chi connectivity index (χ1) is 17.0. The van der Waals surface area contributed by atoms with E-state index in [0.717, 1.165) is 22.1 Å². The highest BCUT2D eigenvalue weighted by Crippen LogP contribution is 2.29. The summed E-state index contributed by atoms with van der Waals surface area (Å²) in [7, 11) is 1.62. The third-order valence-corrected chi connectivity index (χ3v) is 6.71. The van der Waals surface area contributed by atoms with Gasteiger partial charge >= 0.3 is 0 Å². The number of hydrogen-bond acceptors (Lipinski definition) is 5. The van der Waals surface area contributed by atoms with Gasteiger partial charge in [-0.2, -0.15) is 0 Å². The van der Waals surface area contributed by atoms with Crippen molar-refractivity contribution in [2.75, 3.05) is 46.4 Å². The zero-order chi connectivity index (χ0) is 24.4. The van der Waals surface area contributed by atoms with Gasteiger partial charge in [0, 0.05) is 61.9 Å². The average Bonchev–Trinajstić information content (AvgIpc) is 2.91. The van der Waals surface area contributed by atoms with E-state index < -0.39 is 0 Å². The quantitative estimate of drug-likeness (QED) is 0.409. The molecule has 3 aromatic rings. The van der Waals surface area contributed by atoms with Crippen molar-refractivity contribution in [3.05, 3.63) is 83.4 Å². The predicted molar refractivity (Wildman–Crippen MR) is 134 cm³/mol. The Hall–Kier alpha value is -3.97. The van der Waals surface area contributed by atoms with Crippen LogP contribution in [-0.2, 0) is 4.79 Å². The molecule has 0 spiro atoms. The predicted octanol–water partition coefficient (Wildman–Crippen LogP) is 3.30. The molecule has 5 rings (SSSR count). The monoisotopic (exact) mass is 469 g/mol. The molecule has 1 fully saturated rings. The van der Waals surface area contributed by atoms with Crippen LogP contribution in [0.1, 0.15) is 26.3 Å². The number of amides is 3. The van der Waals surface area contributed by atoms with Gasteiger partial charge in [-0.25, -0.2) is 0 Å². The lowest BCUT2D eigenvalue weighted by molar-refractivity contribution is -0.127. The van der Waals surface area contributed by atoms with Gasteiger partial charge in [0.15, 0.2) is 0 Å². The van der Waals surface area contributed by atoms with E-state index in [1.54, 1.807) is 31.4 Å². The van der Waals surface area contributed by atoms with Gasteiger partial charge in [0.05, 0.1) is 7.11 Å². The van der Waals surface area contributed by atoms with Crippen LogP contribution >= 0.6 is 0 Å². The number of piperazine rings is 1. The van der Waals surface area contributed by atoms with Crippen molar-refractivity contribution in [3.63, 3.8) is 0 Å². The van der Waals surface area contributed by atoms with E-state index in [0.29, 0.717) is 50.4 Å². The highest BCUT2D eigenvalue weighted by atomic mass is 16.5. The van der Waals surface area contributed by atoms with E-state index in [1.165, 1.54) is 4.90 Å². The zero-order valence-electron chi connectivity index (χ0n) is 19.6. The first kappa shape index (κ1) is 22.8. The van der Waals surface area contributed by atoms with Crippen molar-refractivity contribution in [1.82, 2.24) is 14.7 Å². The van der Waals surface area contributed by atoms with Crippen LogP contribution in [-0.4, -0.2) is 78.8 Å². The Labute approximate surface area is 204 Å². The number of methoxy groups -OCH3 is 1. The minimum Gasteiger partial charge on any atom is -0.497 e. The van der Waals surface area contributed by atoms with Gasteiger partial charge in [0.1, 0.15) is 5.75 Å². The second-order valence-electron chi connectivity index (χ2n) is 8.74. The molecular weight excluding hydrogens is 442 g/mol. The van der Waals surface area contributed by atoms with E-state index in [4.69, 9.17) is 4.74 Å². The lowest BCUT2D eigenvalue weighted by atomic mass is 9.94. The summed E-state index contributed by atoms with van der Waals surface area (Å²) in [6.07, 6.45) is 3.40. The molecule has 2 heterocycles. The molecule has 1 saturated heterocycles. The second-order valence-corrected chi connectivity index (χ2v) is 8.74. The molecule has 0 atom stereocenters. The Balaban J connectivity index is 1.15. The molecule has 7 heteroatoms. The number of hydrogen-bond donors (Lipinski definition) is 0. The molecule has 0 aliphatic carbocycles. The number of carbonyl (C=O) groups is 3. The molecule has 178 valence electrons. The molecule has 0 unspecified atom stereocenters. The molecule has 2 aliphatic rings. The van der Waals surface area contributed by atoms with Gasteiger partial charge in [-0.15, -0.1) is 0 Å². The standard InChI is InChI=1S/C28H27N3O4/c1-35-22-11-8-20(9-12-22)10-13-25(32)30-17-14-29(15-18-30)16-19-31-27(33)23-6-2-4-21-5-3-7-24(26(21)23)28(31)34/h2-13H,14-19H2,1H3/b13-10+. The Morgan fingerprint density at radius 3 is 2.09 bits per heavy atom. The molecule has 0 radical (unpaired) electrons. The van der Waals surface area contributed by atoms with Crippen molar-refractivity contribution < 1.29 is 19.1 Å². The molecule has 7 nitrogen and oxygen atoms in total. The minimum atomic E-state index is -0.239. The number of nitrogens with zero attached hydrogens (tertiary/aromatic N) is 3. The number of imide groups is 1. The van der Waals surface area contributed by atoms with E-state index in [2.05, 4.69) is 4.90 Å². The average molecular weight is 470 g/mol. The number of carbonyl (C=O) groups excluding carboxylic acids is 3. The van der Waals surface area contributed by atoms with Crippen molar-refractivity contribution >= 4 is 34.6 Å². The van der Waals surface area contributed by atoms with E-state index >= 15 is 0 Å². The lowest BCUT2D eigenvalue weighted by Gasteiger charge is -2.35. The SMILES string of the molecule is COc1ccc(/C=C/C(=O)N2CCN(CCN3C(=O)c4cccc5cccc(c45)C3=O)CC2)cc1. The van der Waals surface area contributed by atoms with E-state index in [-0.39, 0.29) is 17.7 Å². The summed E-state index contributed by atoms with van der Waals surface area (Å²) >= 11 is 0. The summed E-state index contributed by atoms with van der Waals surface area (Å²) < 4.78 is 5.15. The van der Waals surface area contributed by atoms with Crippen LogP contribution in [0.5, 0.6) is 5.75 Å². The summed E-state index contributed by atoms with van der Waals surface area (Å²) in [5.74, 6) is 0.277. The highest BCUT2D eigenvalue weighted by molar-refractivity contribution is 6.25. The van der Waals surface area contributed by atoms with Crippen LogP contribution in [0, 0.1) is 0 Å². The fourth-order valence-electron chi connectivity index (χ4n) is 4.70. The van der Waals surface area contributed by atoms with Crippen LogP contribution in [0.4, 0.5) is 0 Å². The minimum absolute atomic E-state index is 0.0217. The molecule has 2 aliphatic heterocycles. The van der Waals surface area contributed by atoms with E-state index in [9.17, 15) is 14.4 Å². The maximum atomic E-state index is 13.1. The van der Waals surface area contributed by atoms with Crippen LogP contribution in [0.2, 0.25) is 0 Å². The Morgan fingerprint density at radius 2 is 1.49 bits per heavy atom. The maximum Gasteiger partial charge on any atom is 0.261 e. The van der Waals surface area contributed by atoms with Crippen LogP contribution in [0.15, 0.2) is 66.7 Å². The van der Waals surface area contributed by atoms with Crippen molar-refractivity contribution in [1.29, 1.82) is 0 Å². The van der Waals surface area contributed by atoms with Crippen LogP contribution in [0.3, 0.4) is 0 Å². The summed E-state index contributed by atoms with van der Waals surface area (Å²) in [6.45, 7) is 3.52. The molecule has 3 amide bonds. The van der Waals surface area contributed by atoms with Gasteiger partial charge in [-0.05, 0) is 41.3 Å². The normalized spacial score (nSPS) is 16.4. The zero-order valence-corrected chi connectivity index (χ0v) is 19.6. The van der Waals surface area contributed by atoms with Crippen molar-refractivity contribution in [3.8, 4) is 5.75 Å². The fourth-order valence-corrected chi connectivity index (χ4v) is 4.70. The van der Waals surface area contributed by atoms with Crippen LogP contribution < -0.4 is 4.74 Å². The number of rotatable bonds is 6. The third-order valence-electron chi connectivity index (χ3n) is 6.71. The van der Waals surface area contributed by atoms with Gasteiger partial charge in [0.25, 0.3) is 11.8 Å². The highest BCUT2D eigenvalue weighted by Gasteiger charge is 2.33. The van der Waals surface area contributed by atoms with Crippen molar-refractivity contribution in [2.45, 2.75) is 0 Å². The molecule has 35 heavy (non-hydrogen) atoms. The Bertz CT molecular complexity index is 1260. The third kappa shape index (κ3) is 4.55. The number of ether oxygens (including phenoxy) is 1. The first-order valence-corrected chi connectivity index (χ1v) is 11.8. The second kappa shape index (κ2) is 9.72. The van der Waals surface area contributed by atoms with Gasteiger partial charge in [-0.3, -0.25) is 24.2 Å². The topological polar surface area (TPSA) is 70.2 Å². The summed E-state index contributed by atoms with van der Waals surface area (Å²) in [6, 6.07) is 18.7. The molecule has 0 saturated carbocycles. The molecule has 0 N–H and O–H groups in total. The molecule has 3 aromatic carbocycles.